The summed E-state index contributed by atoms with van der Waals surface area (Å²) >= 11 is 0. The maximum atomic E-state index is 12.4. The van der Waals surface area contributed by atoms with E-state index in [0.29, 0.717) is 19.0 Å². The second kappa shape index (κ2) is 10.8. The van der Waals surface area contributed by atoms with Gasteiger partial charge in [0.1, 0.15) is 18.1 Å². The number of methoxy groups -OCH3 is 1. The second-order valence-electron chi connectivity index (χ2n) is 8.54. The van der Waals surface area contributed by atoms with Crippen molar-refractivity contribution in [2.24, 2.45) is 12.0 Å². The molecule has 0 saturated carbocycles. The first kappa shape index (κ1) is 24.2. The molecule has 0 aliphatic rings. The minimum Gasteiger partial charge on any atom is -0.497 e. The van der Waals surface area contributed by atoms with E-state index in [1.54, 1.807) is 7.11 Å². The van der Waals surface area contributed by atoms with Crippen molar-refractivity contribution < 1.29 is 9.53 Å². The Kier molecular flexibility index (Phi) is 8.41. The summed E-state index contributed by atoms with van der Waals surface area (Å²) in [4.78, 5) is 18.9. The number of hydrogen-bond acceptors (Lipinski definition) is 5. The van der Waals surface area contributed by atoms with Crippen LogP contribution in [0.2, 0.25) is 0 Å². The topological polar surface area (TPSA) is 96.7 Å². The number of amides is 1. The van der Waals surface area contributed by atoms with Crippen LogP contribution in [0.25, 0.3) is 0 Å². The van der Waals surface area contributed by atoms with E-state index in [4.69, 9.17) is 4.74 Å². The number of aromatic nitrogens is 3. The van der Waals surface area contributed by atoms with Crippen molar-refractivity contribution in [1.82, 2.24) is 30.3 Å². The molecule has 0 unspecified atom stereocenters. The van der Waals surface area contributed by atoms with Gasteiger partial charge in [-0.2, -0.15) is 0 Å². The number of carbonyl (C=O) groups excluding carboxylic acids is 1. The van der Waals surface area contributed by atoms with Gasteiger partial charge in [-0.05, 0) is 51.8 Å². The van der Waals surface area contributed by atoms with Crippen molar-refractivity contribution in [3.63, 3.8) is 0 Å². The average molecular weight is 430 g/mol. The number of hydrogen-bond donors (Lipinski definition) is 2. The predicted octanol–water partition coefficient (Wildman–Crippen LogP) is 1.67. The number of carbonyl (C=O) groups is 1. The van der Waals surface area contributed by atoms with E-state index >= 15 is 0 Å². The molecule has 0 aliphatic carbocycles. The number of likely N-dealkylation sites (N-methyl/N-ethyl adjacent to an activating group) is 1. The van der Waals surface area contributed by atoms with E-state index < -0.39 is 0 Å². The van der Waals surface area contributed by atoms with Gasteiger partial charge < -0.3 is 24.8 Å². The summed E-state index contributed by atoms with van der Waals surface area (Å²) in [5.74, 6) is 3.01. The molecule has 0 atom stereocenters. The average Bonchev–Trinajstić information content (AvgIpc) is 3.01. The summed E-state index contributed by atoms with van der Waals surface area (Å²) in [6.45, 7) is 9.03. The minimum absolute atomic E-state index is 0.0610. The minimum atomic E-state index is -0.285. The van der Waals surface area contributed by atoms with Crippen LogP contribution < -0.4 is 15.4 Å². The summed E-state index contributed by atoms with van der Waals surface area (Å²) < 4.78 is 7.12. The van der Waals surface area contributed by atoms with Gasteiger partial charge in [0.2, 0.25) is 5.91 Å². The fourth-order valence-electron chi connectivity index (χ4n) is 2.90. The molecule has 1 aromatic heterocycles. The van der Waals surface area contributed by atoms with Crippen LogP contribution in [0.3, 0.4) is 0 Å². The molecule has 1 aromatic carbocycles. The van der Waals surface area contributed by atoms with E-state index in [9.17, 15) is 4.79 Å². The lowest BCUT2D eigenvalue weighted by atomic mass is 10.1. The van der Waals surface area contributed by atoms with Crippen LogP contribution in [-0.4, -0.2) is 64.3 Å². The van der Waals surface area contributed by atoms with Gasteiger partial charge in [0.25, 0.3) is 0 Å². The van der Waals surface area contributed by atoms with Crippen LogP contribution in [0.1, 0.15) is 38.0 Å². The lowest BCUT2D eigenvalue weighted by Crippen LogP contribution is -2.49. The van der Waals surface area contributed by atoms with Gasteiger partial charge in [-0.1, -0.05) is 12.1 Å². The van der Waals surface area contributed by atoms with Gasteiger partial charge in [0.05, 0.1) is 13.7 Å². The fraction of sp³-hybridized carbons (Fsp3) is 0.545. The smallest absolute Gasteiger partial charge is 0.240 e. The van der Waals surface area contributed by atoms with Crippen LogP contribution in [0.5, 0.6) is 5.75 Å². The molecule has 0 radical (unpaired) electrons. The van der Waals surface area contributed by atoms with E-state index in [-0.39, 0.29) is 18.0 Å². The molecular formula is C22H35N7O2. The van der Waals surface area contributed by atoms with Gasteiger partial charge in [-0.3, -0.25) is 4.79 Å². The summed E-state index contributed by atoms with van der Waals surface area (Å²) in [6.07, 6.45) is 0.814. The maximum absolute atomic E-state index is 12.4. The van der Waals surface area contributed by atoms with Crippen molar-refractivity contribution in [1.29, 1.82) is 0 Å². The van der Waals surface area contributed by atoms with Crippen molar-refractivity contribution >= 4 is 11.9 Å². The molecule has 1 amide bonds. The molecule has 170 valence electrons. The third-order valence-electron chi connectivity index (χ3n) is 4.67. The Bertz CT molecular complexity index is 882. The Balaban J connectivity index is 2.05. The summed E-state index contributed by atoms with van der Waals surface area (Å²) in [7, 11) is 5.42. The summed E-state index contributed by atoms with van der Waals surface area (Å²) in [5, 5.41) is 14.6. The van der Waals surface area contributed by atoms with Gasteiger partial charge in [-0.25, -0.2) is 4.99 Å². The second-order valence-corrected chi connectivity index (χ2v) is 8.54. The molecule has 1 heterocycles. The molecule has 2 N–H and O–H groups in total. The number of nitrogens with zero attached hydrogens (tertiary/aromatic N) is 5. The molecule has 2 aromatic rings. The Labute approximate surface area is 184 Å². The molecule has 2 rings (SSSR count). The molecule has 0 bridgehead atoms. The third kappa shape index (κ3) is 7.92. The highest BCUT2D eigenvalue weighted by molar-refractivity contribution is 5.86. The highest BCUT2D eigenvalue weighted by Gasteiger charge is 2.17. The molecule has 31 heavy (non-hydrogen) atoms. The molecule has 9 nitrogen and oxygen atoms in total. The Hall–Kier alpha value is -3.10. The fourth-order valence-corrected chi connectivity index (χ4v) is 2.90. The van der Waals surface area contributed by atoms with Gasteiger partial charge in [0.15, 0.2) is 11.8 Å². The summed E-state index contributed by atoms with van der Waals surface area (Å²) in [6, 6.07) is 7.98. The summed E-state index contributed by atoms with van der Waals surface area (Å²) in [5.41, 5.74) is 0.900. The van der Waals surface area contributed by atoms with Crippen molar-refractivity contribution in [2.45, 2.75) is 46.2 Å². The number of aryl methyl sites for hydroxylation is 1. The normalized spacial score (nSPS) is 11.9. The van der Waals surface area contributed by atoms with Crippen LogP contribution in [0, 0.1) is 6.92 Å². The van der Waals surface area contributed by atoms with Crippen LogP contribution in [0.4, 0.5) is 0 Å². The first-order valence-electron chi connectivity index (χ1n) is 10.4. The quantitative estimate of drug-likeness (QED) is 0.489. The molecule has 0 saturated heterocycles. The van der Waals surface area contributed by atoms with E-state index in [0.717, 1.165) is 23.8 Å². The van der Waals surface area contributed by atoms with Crippen LogP contribution >= 0.6 is 0 Å². The van der Waals surface area contributed by atoms with Gasteiger partial charge >= 0.3 is 0 Å². The number of nitrogens with one attached hydrogen (secondary N) is 2. The van der Waals surface area contributed by atoms with Gasteiger partial charge in [0, 0.05) is 26.2 Å². The molecule has 0 fully saturated rings. The Morgan fingerprint density at radius 1 is 1.23 bits per heavy atom. The zero-order valence-electron chi connectivity index (χ0n) is 19.7. The first-order valence-corrected chi connectivity index (χ1v) is 10.4. The van der Waals surface area contributed by atoms with Gasteiger partial charge in [-0.15, -0.1) is 10.2 Å². The highest BCUT2D eigenvalue weighted by atomic mass is 16.5. The van der Waals surface area contributed by atoms with E-state index in [1.165, 1.54) is 5.56 Å². The number of rotatable bonds is 8. The number of benzene rings is 1. The Morgan fingerprint density at radius 3 is 2.45 bits per heavy atom. The zero-order chi connectivity index (χ0) is 23.0. The predicted molar refractivity (Wildman–Crippen MR) is 122 cm³/mol. The number of aliphatic imine (C=N–C) groups is 1. The Morgan fingerprint density at radius 2 is 1.90 bits per heavy atom. The number of ether oxygens (including phenoxy) is 1. The molecule has 0 spiro atoms. The number of guanidine groups is 1. The lowest BCUT2D eigenvalue weighted by Gasteiger charge is -2.25. The standard InChI is InChI=1S/C22H35N7O2/c1-16-26-27-19(29(16)6)14-24-21(28(5)15-20(30)25-22(2,3)4)23-13-12-17-8-10-18(31-7)11-9-17/h8-11H,12-15H2,1-7H3,(H,23,24)(H,25,30). The maximum Gasteiger partial charge on any atom is 0.240 e. The molecular weight excluding hydrogens is 394 g/mol. The molecule has 0 aliphatic heterocycles. The van der Waals surface area contributed by atoms with Crippen molar-refractivity contribution in [2.75, 3.05) is 27.2 Å². The highest BCUT2D eigenvalue weighted by Crippen LogP contribution is 2.11. The zero-order valence-corrected chi connectivity index (χ0v) is 19.7. The monoisotopic (exact) mass is 429 g/mol. The molecule has 9 heteroatoms. The van der Waals surface area contributed by atoms with Crippen LogP contribution in [-0.2, 0) is 24.8 Å². The third-order valence-corrected chi connectivity index (χ3v) is 4.67. The van der Waals surface area contributed by atoms with E-state index in [1.807, 2.05) is 75.5 Å². The van der Waals surface area contributed by atoms with Crippen LogP contribution in [0.15, 0.2) is 29.3 Å². The van der Waals surface area contributed by atoms with E-state index in [2.05, 4.69) is 25.8 Å². The largest absolute Gasteiger partial charge is 0.497 e. The lowest BCUT2D eigenvalue weighted by molar-refractivity contribution is -0.122. The van der Waals surface area contributed by atoms with Crippen molar-refractivity contribution in [3.05, 3.63) is 41.5 Å². The first-order chi connectivity index (χ1) is 14.6. The van der Waals surface area contributed by atoms with Crippen molar-refractivity contribution in [3.8, 4) is 5.75 Å². The SMILES string of the molecule is COc1ccc(CCNC(=NCc2nnc(C)n2C)N(C)CC(=O)NC(C)(C)C)cc1.